The first-order valence-corrected chi connectivity index (χ1v) is 4.87. The van der Waals surface area contributed by atoms with Gasteiger partial charge < -0.3 is 10.8 Å². The van der Waals surface area contributed by atoms with E-state index in [-0.39, 0.29) is 0 Å². The SMILES string of the molecule is Cc1sc(C(N)C(=O)O)cc1Br. The zero-order valence-electron chi connectivity index (χ0n) is 6.37. The first kappa shape index (κ1) is 9.70. The van der Waals surface area contributed by atoms with Crippen LogP contribution >= 0.6 is 27.3 Å². The van der Waals surface area contributed by atoms with Gasteiger partial charge in [0.1, 0.15) is 6.04 Å². The lowest BCUT2D eigenvalue weighted by Crippen LogP contribution is -2.19. The van der Waals surface area contributed by atoms with Crippen LogP contribution in [0.15, 0.2) is 10.5 Å². The van der Waals surface area contributed by atoms with Gasteiger partial charge in [-0.25, -0.2) is 0 Å². The molecule has 0 aromatic carbocycles. The number of carbonyl (C=O) groups is 1. The summed E-state index contributed by atoms with van der Waals surface area (Å²) in [6, 6.07) is 0.846. The van der Waals surface area contributed by atoms with Gasteiger partial charge in [-0.15, -0.1) is 11.3 Å². The molecule has 3 N–H and O–H groups in total. The van der Waals surface area contributed by atoms with Crippen molar-refractivity contribution in [2.45, 2.75) is 13.0 Å². The molecule has 0 spiro atoms. The quantitative estimate of drug-likeness (QED) is 0.842. The number of nitrogens with two attached hydrogens (primary N) is 1. The van der Waals surface area contributed by atoms with Gasteiger partial charge >= 0.3 is 5.97 Å². The first-order valence-electron chi connectivity index (χ1n) is 3.26. The second-order valence-electron chi connectivity index (χ2n) is 2.37. The molecule has 1 rings (SSSR count). The molecule has 3 nitrogen and oxygen atoms in total. The van der Waals surface area contributed by atoms with Gasteiger partial charge in [0.05, 0.1) is 0 Å². The Hall–Kier alpha value is -0.390. The van der Waals surface area contributed by atoms with Crippen LogP contribution in [0, 0.1) is 6.92 Å². The van der Waals surface area contributed by atoms with Crippen molar-refractivity contribution in [3.63, 3.8) is 0 Å². The van der Waals surface area contributed by atoms with Gasteiger partial charge in [0.25, 0.3) is 0 Å². The van der Waals surface area contributed by atoms with Gasteiger partial charge in [0, 0.05) is 14.2 Å². The average Bonchev–Trinajstić information content (AvgIpc) is 2.30. The molecule has 5 heteroatoms. The van der Waals surface area contributed by atoms with Crippen molar-refractivity contribution in [2.75, 3.05) is 0 Å². The zero-order valence-corrected chi connectivity index (χ0v) is 8.78. The van der Waals surface area contributed by atoms with Crippen molar-refractivity contribution in [3.05, 3.63) is 20.3 Å². The summed E-state index contributed by atoms with van der Waals surface area (Å²) in [6.45, 7) is 1.91. The van der Waals surface area contributed by atoms with Gasteiger partial charge in [-0.3, -0.25) is 4.79 Å². The second-order valence-corrected chi connectivity index (χ2v) is 4.51. The molecule has 66 valence electrons. The lowest BCUT2D eigenvalue weighted by Gasteiger charge is -2.00. The van der Waals surface area contributed by atoms with E-state index in [0.29, 0.717) is 4.88 Å². The molecule has 0 aliphatic carbocycles. The van der Waals surface area contributed by atoms with Crippen LogP contribution in [0.1, 0.15) is 15.8 Å². The minimum Gasteiger partial charge on any atom is -0.480 e. The van der Waals surface area contributed by atoms with Crippen LogP contribution in [-0.2, 0) is 4.79 Å². The average molecular weight is 250 g/mol. The Kier molecular flexibility index (Phi) is 2.87. The van der Waals surface area contributed by atoms with E-state index >= 15 is 0 Å². The van der Waals surface area contributed by atoms with Crippen molar-refractivity contribution in [2.24, 2.45) is 5.73 Å². The van der Waals surface area contributed by atoms with Gasteiger partial charge in [0.15, 0.2) is 0 Å². The molecule has 1 heterocycles. The molecule has 1 unspecified atom stereocenters. The predicted molar refractivity (Wildman–Crippen MR) is 51.3 cm³/mol. The predicted octanol–water partition coefficient (Wildman–Crippen LogP) is 1.90. The van der Waals surface area contributed by atoms with E-state index in [1.165, 1.54) is 11.3 Å². The molecule has 0 bridgehead atoms. The lowest BCUT2D eigenvalue weighted by molar-refractivity contribution is -0.138. The molecule has 0 saturated carbocycles. The van der Waals surface area contributed by atoms with Crippen LogP contribution in [0.4, 0.5) is 0 Å². The Morgan fingerprint density at radius 1 is 1.83 bits per heavy atom. The third-order valence-corrected chi connectivity index (χ3v) is 3.67. The topological polar surface area (TPSA) is 63.3 Å². The van der Waals surface area contributed by atoms with Crippen LogP contribution in [0.5, 0.6) is 0 Å². The van der Waals surface area contributed by atoms with E-state index in [1.54, 1.807) is 6.07 Å². The fourth-order valence-corrected chi connectivity index (χ4v) is 2.31. The Bertz CT molecular complexity index is 291. The molecule has 0 fully saturated rings. The molecule has 0 amide bonds. The molecule has 1 aromatic rings. The molecule has 1 atom stereocenters. The summed E-state index contributed by atoms with van der Waals surface area (Å²) in [7, 11) is 0. The van der Waals surface area contributed by atoms with E-state index in [0.717, 1.165) is 9.35 Å². The molecular weight excluding hydrogens is 242 g/mol. The van der Waals surface area contributed by atoms with Crippen LogP contribution in [0.3, 0.4) is 0 Å². The van der Waals surface area contributed by atoms with E-state index in [4.69, 9.17) is 10.8 Å². The minimum absolute atomic E-state index is 0.673. The van der Waals surface area contributed by atoms with E-state index < -0.39 is 12.0 Å². The minimum atomic E-state index is -0.997. The van der Waals surface area contributed by atoms with E-state index in [9.17, 15) is 4.79 Å². The smallest absolute Gasteiger partial charge is 0.325 e. The maximum atomic E-state index is 10.5. The van der Waals surface area contributed by atoms with Crippen LogP contribution in [0.25, 0.3) is 0 Å². The number of carboxylic acid groups (broad SMARTS) is 1. The maximum absolute atomic E-state index is 10.5. The van der Waals surface area contributed by atoms with Crippen molar-refractivity contribution < 1.29 is 9.90 Å². The third kappa shape index (κ3) is 1.85. The number of thiophene rings is 1. The van der Waals surface area contributed by atoms with Crippen molar-refractivity contribution in [1.29, 1.82) is 0 Å². The fraction of sp³-hybridized carbons (Fsp3) is 0.286. The van der Waals surface area contributed by atoms with E-state index in [2.05, 4.69) is 15.9 Å². The second kappa shape index (κ2) is 3.55. The Labute approximate surface area is 82.3 Å². The summed E-state index contributed by atoms with van der Waals surface area (Å²) in [5.74, 6) is -0.997. The zero-order chi connectivity index (χ0) is 9.30. The van der Waals surface area contributed by atoms with Crippen molar-refractivity contribution >= 4 is 33.2 Å². The summed E-state index contributed by atoms with van der Waals surface area (Å²) < 4.78 is 0.916. The molecule has 1 aromatic heterocycles. The maximum Gasteiger partial charge on any atom is 0.325 e. The molecule has 0 radical (unpaired) electrons. The largest absolute Gasteiger partial charge is 0.480 e. The Morgan fingerprint density at radius 3 is 2.75 bits per heavy atom. The Balaban J connectivity index is 2.96. The first-order chi connectivity index (χ1) is 5.52. The van der Waals surface area contributed by atoms with Crippen LogP contribution in [-0.4, -0.2) is 11.1 Å². The third-order valence-electron chi connectivity index (χ3n) is 1.45. The monoisotopic (exact) mass is 249 g/mol. The summed E-state index contributed by atoms with van der Waals surface area (Å²) in [4.78, 5) is 12.2. The summed E-state index contributed by atoms with van der Waals surface area (Å²) in [5.41, 5.74) is 5.41. The molecule has 0 aliphatic heterocycles. The normalized spacial score (nSPS) is 12.9. The van der Waals surface area contributed by atoms with Crippen LogP contribution < -0.4 is 5.73 Å². The number of halogens is 1. The Morgan fingerprint density at radius 2 is 2.42 bits per heavy atom. The summed E-state index contributed by atoms with van der Waals surface area (Å²) in [6.07, 6.45) is 0. The van der Waals surface area contributed by atoms with Gasteiger partial charge in [0.2, 0.25) is 0 Å². The summed E-state index contributed by atoms with van der Waals surface area (Å²) >= 11 is 4.69. The highest BCUT2D eigenvalue weighted by Crippen LogP contribution is 2.29. The highest BCUT2D eigenvalue weighted by molar-refractivity contribution is 9.10. The van der Waals surface area contributed by atoms with Crippen LogP contribution in [0.2, 0.25) is 0 Å². The fourth-order valence-electron chi connectivity index (χ4n) is 0.756. The summed E-state index contributed by atoms with van der Waals surface area (Å²) in [5, 5.41) is 8.60. The standard InChI is InChI=1S/C7H8BrNO2S/c1-3-4(8)2-5(12-3)6(9)7(10)11/h2,6H,9H2,1H3,(H,10,11). The molecular formula is C7H8BrNO2S. The highest BCUT2D eigenvalue weighted by Gasteiger charge is 2.17. The van der Waals surface area contributed by atoms with Gasteiger partial charge in [-0.1, -0.05) is 0 Å². The number of rotatable bonds is 2. The number of aliphatic carboxylic acids is 1. The molecule has 12 heavy (non-hydrogen) atoms. The van der Waals surface area contributed by atoms with E-state index in [1.807, 2.05) is 6.92 Å². The lowest BCUT2D eigenvalue weighted by atomic mass is 10.2. The number of hydrogen-bond acceptors (Lipinski definition) is 3. The van der Waals surface area contributed by atoms with Gasteiger partial charge in [-0.2, -0.15) is 0 Å². The number of aryl methyl sites for hydroxylation is 1. The molecule has 0 aliphatic rings. The van der Waals surface area contributed by atoms with Crippen molar-refractivity contribution in [3.8, 4) is 0 Å². The number of hydrogen-bond donors (Lipinski definition) is 2. The van der Waals surface area contributed by atoms with Crippen molar-refractivity contribution in [1.82, 2.24) is 0 Å². The molecule has 0 saturated heterocycles. The van der Waals surface area contributed by atoms with Gasteiger partial charge in [-0.05, 0) is 28.9 Å². The highest BCUT2D eigenvalue weighted by atomic mass is 79.9. The number of carboxylic acids is 1.